The summed E-state index contributed by atoms with van der Waals surface area (Å²) < 4.78 is 15.7. The predicted octanol–water partition coefficient (Wildman–Crippen LogP) is 1.87. The van der Waals surface area contributed by atoms with Gasteiger partial charge in [-0.2, -0.15) is 0 Å². The average Bonchev–Trinajstić information content (AvgIpc) is 2.93. The summed E-state index contributed by atoms with van der Waals surface area (Å²) in [7, 11) is 2.96. The van der Waals surface area contributed by atoms with Crippen LogP contribution in [-0.2, 0) is 19.9 Å². The molecule has 1 aromatic carbocycles. The fourth-order valence-electron chi connectivity index (χ4n) is 2.16. The fraction of sp³-hybridized carbons (Fsp3) is 0.462. The van der Waals surface area contributed by atoms with Crippen LogP contribution in [0, 0.1) is 0 Å². The lowest BCUT2D eigenvalue weighted by Gasteiger charge is -2.14. The molecule has 0 saturated carbocycles. The van der Waals surface area contributed by atoms with Gasteiger partial charge >= 0.3 is 5.97 Å². The summed E-state index contributed by atoms with van der Waals surface area (Å²) in [5.74, 6) is 0.341. The zero-order valence-electron chi connectivity index (χ0n) is 10.4. The standard InChI is InChI=1S/C13H16O4/c1-12(13(2,17-12)11(14)16-4)9-7-5-6-8-10(9)15-3/h5-8H,1-4H3. The third kappa shape index (κ3) is 1.52. The molecule has 92 valence electrons. The highest BCUT2D eigenvalue weighted by Gasteiger charge is 2.71. The topological polar surface area (TPSA) is 48.1 Å². The molecule has 2 rings (SSSR count). The Balaban J connectivity index is 2.40. The van der Waals surface area contributed by atoms with Crippen LogP contribution in [0.3, 0.4) is 0 Å². The summed E-state index contributed by atoms with van der Waals surface area (Å²) in [6.07, 6.45) is 0. The lowest BCUT2D eigenvalue weighted by Crippen LogP contribution is -2.29. The van der Waals surface area contributed by atoms with Crippen LogP contribution in [-0.4, -0.2) is 25.8 Å². The Kier molecular flexibility index (Phi) is 2.62. The first-order valence-corrected chi connectivity index (χ1v) is 5.41. The second-order valence-electron chi connectivity index (χ2n) is 4.36. The number of epoxide rings is 1. The quantitative estimate of drug-likeness (QED) is 0.594. The Bertz CT molecular complexity index is 456. The van der Waals surface area contributed by atoms with E-state index in [4.69, 9.17) is 14.2 Å². The number of carbonyl (C=O) groups is 1. The molecule has 0 spiro atoms. The van der Waals surface area contributed by atoms with Crippen LogP contribution < -0.4 is 4.74 Å². The molecular weight excluding hydrogens is 220 g/mol. The third-order valence-corrected chi connectivity index (χ3v) is 3.47. The van der Waals surface area contributed by atoms with Crippen LogP contribution in [0.25, 0.3) is 0 Å². The van der Waals surface area contributed by atoms with Gasteiger partial charge in [0, 0.05) is 5.56 Å². The second-order valence-corrected chi connectivity index (χ2v) is 4.36. The first-order valence-electron chi connectivity index (χ1n) is 5.41. The Morgan fingerprint density at radius 2 is 1.88 bits per heavy atom. The summed E-state index contributed by atoms with van der Waals surface area (Å²) in [6.45, 7) is 3.59. The maximum atomic E-state index is 11.7. The molecule has 0 aromatic heterocycles. The van der Waals surface area contributed by atoms with Gasteiger partial charge in [0.2, 0.25) is 0 Å². The molecule has 1 fully saturated rings. The fourth-order valence-corrected chi connectivity index (χ4v) is 2.16. The predicted molar refractivity (Wildman–Crippen MR) is 61.9 cm³/mol. The van der Waals surface area contributed by atoms with Gasteiger partial charge in [-0.05, 0) is 19.9 Å². The van der Waals surface area contributed by atoms with Crippen molar-refractivity contribution in [3.05, 3.63) is 29.8 Å². The van der Waals surface area contributed by atoms with Crippen LogP contribution in [0.5, 0.6) is 5.75 Å². The zero-order valence-corrected chi connectivity index (χ0v) is 10.4. The van der Waals surface area contributed by atoms with Crippen LogP contribution >= 0.6 is 0 Å². The Hall–Kier alpha value is -1.55. The number of ether oxygens (including phenoxy) is 3. The summed E-state index contributed by atoms with van der Waals surface area (Å²) >= 11 is 0. The van der Waals surface area contributed by atoms with E-state index in [1.807, 2.05) is 31.2 Å². The molecule has 0 radical (unpaired) electrons. The van der Waals surface area contributed by atoms with E-state index >= 15 is 0 Å². The van der Waals surface area contributed by atoms with E-state index in [9.17, 15) is 4.79 Å². The minimum Gasteiger partial charge on any atom is -0.496 e. The average molecular weight is 236 g/mol. The minimum atomic E-state index is -0.934. The number of esters is 1. The molecule has 17 heavy (non-hydrogen) atoms. The smallest absolute Gasteiger partial charge is 0.341 e. The molecule has 1 heterocycles. The SMILES string of the molecule is COC(=O)C1(C)OC1(C)c1ccccc1OC. The molecule has 1 aliphatic rings. The minimum absolute atomic E-state index is 0.370. The third-order valence-electron chi connectivity index (χ3n) is 3.47. The van der Waals surface area contributed by atoms with E-state index in [0.717, 1.165) is 5.56 Å². The van der Waals surface area contributed by atoms with Crippen LogP contribution in [0.2, 0.25) is 0 Å². The maximum Gasteiger partial charge on any atom is 0.341 e. The van der Waals surface area contributed by atoms with Gasteiger partial charge in [-0.25, -0.2) is 4.79 Å². The van der Waals surface area contributed by atoms with E-state index in [1.165, 1.54) is 7.11 Å². The van der Waals surface area contributed by atoms with E-state index in [0.29, 0.717) is 5.75 Å². The van der Waals surface area contributed by atoms with Crippen molar-refractivity contribution in [3.8, 4) is 5.75 Å². The summed E-state index contributed by atoms with van der Waals surface area (Å²) in [5.41, 5.74) is -0.765. The van der Waals surface area contributed by atoms with E-state index in [-0.39, 0.29) is 5.97 Å². The maximum absolute atomic E-state index is 11.7. The number of hydrogen-bond donors (Lipinski definition) is 0. The van der Waals surface area contributed by atoms with Crippen LogP contribution in [0.4, 0.5) is 0 Å². The second kappa shape index (κ2) is 3.74. The number of para-hydroxylation sites is 1. The van der Waals surface area contributed by atoms with Crippen molar-refractivity contribution >= 4 is 5.97 Å². The molecule has 0 aliphatic carbocycles. The van der Waals surface area contributed by atoms with Gasteiger partial charge in [-0.15, -0.1) is 0 Å². The van der Waals surface area contributed by atoms with Crippen molar-refractivity contribution in [1.29, 1.82) is 0 Å². The molecule has 2 unspecified atom stereocenters. The highest BCUT2D eigenvalue weighted by molar-refractivity contribution is 5.85. The van der Waals surface area contributed by atoms with Gasteiger partial charge in [0.05, 0.1) is 14.2 Å². The number of carbonyl (C=O) groups excluding carboxylic acids is 1. The highest BCUT2D eigenvalue weighted by atomic mass is 16.7. The van der Waals surface area contributed by atoms with E-state index < -0.39 is 11.2 Å². The van der Waals surface area contributed by atoms with Crippen molar-refractivity contribution in [1.82, 2.24) is 0 Å². The van der Waals surface area contributed by atoms with Gasteiger partial charge in [0.25, 0.3) is 0 Å². The molecule has 0 N–H and O–H groups in total. The van der Waals surface area contributed by atoms with Crippen LogP contribution in [0.15, 0.2) is 24.3 Å². The normalized spacial score (nSPS) is 30.8. The molecule has 0 amide bonds. The first kappa shape index (κ1) is 11.9. The molecule has 0 bridgehead atoms. The van der Waals surface area contributed by atoms with Crippen LogP contribution in [0.1, 0.15) is 19.4 Å². The number of methoxy groups -OCH3 is 2. The Morgan fingerprint density at radius 3 is 2.47 bits per heavy atom. The lowest BCUT2D eigenvalue weighted by molar-refractivity contribution is -0.146. The van der Waals surface area contributed by atoms with Gasteiger partial charge in [-0.1, -0.05) is 18.2 Å². The lowest BCUT2D eigenvalue weighted by atomic mass is 9.88. The van der Waals surface area contributed by atoms with Crippen molar-refractivity contribution in [2.24, 2.45) is 0 Å². The molecule has 2 atom stereocenters. The Labute approximate surface area is 100 Å². The highest BCUT2D eigenvalue weighted by Crippen LogP contribution is 2.57. The largest absolute Gasteiger partial charge is 0.496 e. The van der Waals surface area contributed by atoms with Crippen molar-refractivity contribution in [2.75, 3.05) is 14.2 Å². The van der Waals surface area contributed by atoms with Crippen molar-refractivity contribution in [3.63, 3.8) is 0 Å². The number of rotatable bonds is 3. The molecule has 4 nitrogen and oxygen atoms in total. The zero-order chi connectivity index (χ0) is 12.7. The molecule has 1 aromatic rings. The molecule has 1 aliphatic heterocycles. The monoisotopic (exact) mass is 236 g/mol. The number of benzene rings is 1. The Morgan fingerprint density at radius 1 is 1.24 bits per heavy atom. The molecule has 4 heteroatoms. The molecular formula is C13H16O4. The van der Waals surface area contributed by atoms with Crippen molar-refractivity contribution in [2.45, 2.75) is 25.0 Å². The van der Waals surface area contributed by atoms with E-state index in [1.54, 1.807) is 14.0 Å². The van der Waals surface area contributed by atoms with Gasteiger partial charge < -0.3 is 14.2 Å². The van der Waals surface area contributed by atoms with E-state index in [2.05, 4.69) is 0 Å². The first-order chi connectivity index (χ1) is 7.99. The van der Waals surface area contributed by atoms with Gasteiger partial charge in [0.1, 0.15) is 11.4 Å². The van der Waals surface area contributed by atoms with Crippen molar-refractivity contribution < 1.29 is 19.0 Å². The summed E-state index contributed by atoms with van der Waals surface area (Å²) in [5, 5.41) is 0. The van der Waals surface area contributed by atoms with Gasteiger partial charge in [-0.3, -0.25) is 0 Å². The van der Waals surface area contributed by atoms with Gasteiger partial charge in [0.15, 0.2) is 5.60 Å². The number of hydrogen-bond acceptors (Lipinski definition) is 4. The molecule has 1 saturated heterocycles. The summed E-state index contributed by atoms with van der Waals surface area (Å²) in [4.78, 5) is 11.7. The summed E-state index contributed by atoms with van der Waals surface area (Å²) in [6, 6.07) is 7.51.